The summed E-state index contributed by atoms with van der Waals surface area (Å²) in [6, 6.07) is 0. The van der Waals surface area contributed by atoms with Crippen molar-refractivity contribution >= 4 is 17.9 Å². The van der Waals surface area contributed by atoms with Crippen molar-refractivity contribution in [2.75, 3.05) is 13.2 Å². The largest absolute Gasteiger partial charge is 0.462 e. The third-order valence-corrected chi connectivity index (χ3v) is 12.6. The highest BCUT2D eigenvalue weighted by molar-refractivity contribution is 5.71. The molecule has 0 bridgehead atoms. The molecule has 0 aliphatic carbocycles. The minimum absolute atomic E-state index is 0.0614. The first-order valence-electron chi connectivity index (χ1n) is 27.5. The summed E-state index contributed by atoms with van der Waals surface area (Å²) in [6.45, 7) is 6.69. The van der Waals surface area contributed by atoms with Gasteiger partial charge in [0.2, 0.25) is 0 Å². The Morgan fingerprint density at radius 1 is 0.262 bits per heavy atom. The average Bonchev–Trinajstić information content (AvgIpc) is 3.26. The number of unbranched alkanes of at least 4 members (excludes halogenated alkanes) is 40. The number of esters is 3. The van der Waals surface area contributed by atoms with Crippen LogP contribution in [0.2, 0.25) is 0 Å². The van der Waals surface area contributed by atoms with E-state index in [1.807, 2.05) is 0 Å². The van der Waals surface area contributed by atoms with Crippen molar-refractivity contribution in [1.82, 2.24) is 0 Å². The second-order valence-corrected chi connectivity index (χ2v) is 18.9. The molecule has 61 heavy (non-hydrogen) atoms. The van der Waals surface area contributed by atoms with E-state index in [-0.39, 0.29) is 31.1 Å². The molecule has 362 valence electrons. The zero-order valence-corrected chi connectivity index (χ0v) is 41.5. The van der Waals surface area contributed by atoms with Crippen LogP contribution in [0.3, 0.4) is 0 Å². The molecule has 0 aliphatic heterocycles. The predicted molar refractivity (Wildman–Crippen MR) is 261 cm³/mol. The fourth-order valence-corrected chi connectivity index (χ4v) is 8.45. The normalized spacial score (nSPS) is 11.9. The van der Waals surface area contributed by atoms with Gasteiger partial charge in [-0.25, -0.2) is 0 Å². The summed E-state index contributed by atoms with van der Waals surface area (Å²) in [5.74, 6) is -0.837. The molecule has 0 aromatic carbocycles. The fourth-order valence-electron chi connectivity index (χ4n) is 8.45. The second-order valence-electron chi connectivity index (χ2n) is 18.9. The molecule has 0 aliphatic rings. The smallest absolute Gasteiger partial charge is 0.306 e. The Morgan fingerprint density at radius 2 is 0.443 bits per heavy atom. The maximum Gasteiger partial charge on any atom is 0.306 e. The van der Waals surface area contributed by atoms with Gasteiger partial charge in [0.05, 0.1) is 0 Å². The van der Waals surface area contributed by atoms with Gasteiger partial charge in [0.25, 0.3) is 0 Å². The van der Waals surface area contributed by atoms with Gasteiger partial charge in [-0.3, -0.25) is 14.4 Å². The highest BCUT2D eigenvalue weighted by Crippen LogP contribution is 2.17. The van der Waals surface area contributed by atoms with E-state index in [0.717, 1.165) is 57.8 Å². The molecule has 1 atom stereocenters. The lowest BCUT2D eigenvalue weighted by Crippen LogP contribution is -2.30. The fraction of sp³-hybridized carbons (Fsp3) is 0.945. The molecule has 0 saturated carbocycles. The molecule has 6 heteroatoms. The number of hydrogen-bond acceptors (Lipinski definition) is 6. The quantitative estimate of drug-likeness (QED) is 0.0344. The number of ether oxygens (including phenoxy) is 3. The summed E-state index contributed by atoms with van der Waals surface area (Å²) < 4.78 is 16.8. The SMILES string of the molecule is CCCCCCCCCCCCCCCCCCCCC(=O)OC[C@H](COC(=O)CCCCCCCCCCCCC)OC(=O)CCCCCCCCCCCCCCCC. The Kier molecular flexibility index (Phi) is 49.7. The Balaban J connectivity index is 4.25. The summed E-state index contributed by atoms with van der Waals surface area (Å²) in [7, 11) is 0. The van der Waals surface area contributed by atoms with Gasteiger partial charge in [-0.1, -0.05) is 278 Å². The average molecular weight is 863 g/mol. The Labute approximate surface area is 380 Å². The van der Waals surface area contributed by atoms with Crippen LogP contribution in [0.5, 0.6) is 0 Å². The van der Waals surface area contributed by atoms with Crippen molar-refractivity contribution in [2.24, 2.45) is 0 Å². The molecule has 0 radical (unpaired) electrons. The monoisotopic (exact) mass is 863 g/mol. The lowest BCUT2D eigenvalue weighted by molar-refractivity contribution is -0.167. The van der Waals surface area contributed by atoms with Crippen LogP contribution in [-0.2, 0) is 28.6 Å². The topological polar surface area (TPSA) is 78.9 Å². The van der Waals surface area contributed by atoms with E-state index in [2.05, 4.69) is 20.8 Å². The first-order chi connectivity index (χ1) is 30.0. The molecule has 0 aromatic rings. The van der Waals surface area contributed by atoms with E-state index in [1.54, 1.807) is 0 Å². The predicted octanol–water partition coefficient (Wildman–Crippen LogP) is 18.0. The lowest BCUT2D eigenvalue weighted by atomic mass is 10.0. The van der Waals surface area contributed by atoms with Gasteiger partial charge in [-0.05, 0) is 19.3 Å². The standard InChI is InChI=1S/C55H106O6/c1-4-7-10-13-16-19-22-24-26-27-28-29-31-33-36-39-42-45-48-54(57)60-51-52(50-59-53(56)47-44-41-38-35-32-21-18-15-12-9-6-3)61-55(58)49-46-43-40-37-34-30-25-23-20-17-14-11-8-5-2/h52H,4-51H2,1-3H3/t52-/m0/s1. The van der Waals surface area contributed by atoms with Gasteiger partial charge in [0.15, 0.2) is 6.10 Å². The lowest BCUT2D eigenvalue weighted by Gasteiger charge is -2.18. The van der Waals surface area contributed by atoms with E-state index in [1.165, 1.54) is 218 Å². The second kappa shape index (κ2) is 51.0. The highest BCUT2D eigenvalue weighted by Gasteiger charge is 2.19. The molecule has 0 amide bonds. The minimum Gasteiger partial charge on any atom is -0.462 e. The zero-order valence-electron chi connectivity index (χ0n) is 41.5. The molecular formula is C55H106O6. The summed E-state index contributed by atoms with van der Waals surface area (Å²) in [6.07, 6.45) is 55.2. The number of rotatable bonds is 51. The van der Waals surface area contributed by atoms with Crippen molar-refractivity contribution in [2.45, 2.75) is 322 Å². The van der Waals surface area contributed by atoms with Crippen LogP contribution in [0.15, 0.2) is 0 Å². The third kappa shape index (κ3) is 49.3. The van der Waals surface area contributed by atoms with Crippen molar-refractivity contribution in [3.8, 4) is 0 Å². The Hall–Kier alpha value is -1.59. The van der Waals surface area contributed by atoms with Crippen LogP contribution in [-0.4, -0.2) is 37.2 Å². The van der Waals surface area contributed by atoms with Crippen LogP contribution < -0.4 is 0 Å². The van der Waals surface area contributed by atoms with E-state index in [0.29, 0.717) is 19.3 Å². The van der Waals surface area contributed by atoms with Gasteiger partial charge in [0.1, 0.15) is 13.2 Å². The molecule has 0 N–H and O–H groups in total. The number of hydrogen-bond donors (Lipinski definition) is 0. The highest BCUT2D eigenvalue weighted by atomic mass is 16.6. The molecule has 0 aromatic heterocycles. The molecule has 0 unspecified atom stereocenters. The van der Waals surface area contributed by atoms with Crippen molar-refractivity contribution in [3.63, 3.8) is 0 Å². The Bertz CT molecular complexity index is 905. The van der Waals surface area contributed by atoms with Crippen LogP contribution in [0.25, 0.3) is 0 Å². The molecule has 6 nitrogen and oxygen atoms in total. The van der Waals surface area contributed by atoms with Gasteiger partial charge in [-0.2, -0.15) is 0 Å². The molecule has 0 spiro atoms. The van der Waals surface area contributed by atoms with Gasteiger partial charge in [-0.15, -0.1) is 0 Å². The van der Waals surface area contributed by atoms with E-state index < -0.39 is 6.10 Å². The van der Waals surface area contributed by atoms with E-state index in [4.69, 9.17) is 14.2 Å². The maximum absolute atomic E-state index is 12.8. The molecule has 0 fully saturated rings. The van der Waals surface area contributed by atoms with E-state index >= 15 is 0 Å². The summed E-state index contributed by atoms with van der Waals surface area (Å²) in [5.41, 5.74) is 0. The molecule has 0 rings (SSSR count). The number of carbonyl (C=O) groups excluding carboxylic acids is 3. The zero-order chi connectivity index (χ0) is 44.4. The molecule has 0 heterocycles. The summed E-state index contributed by atoms with van der Waals surface area (Å²) >= 11 is 0. The first-order valence-corrected chi connectivity index (χ1v) is 27.5. The van der Waals surface area contributed by atoms with E-state index in [9.17, 15) is 14.4 Å². The summed E-state index contributed by atoms with van der Waals surface area (Å²) in [5, 5.41) is 0. The first kappa shape index (κ1) is 59.4. The van der Waals surface area contributed by atoms with Crippen LogP contribution >= 0.6 is 0 Å². The van der Waals surface area contributed by atoms with Gasteiger partial charge < -0.3 is 14.2 Å². The van der Waals surface area contributed by atoms with Crippen molar-refractivity contribution < 1.29 is 28.6 Å². The van der Waals surface area contributed by atoms with Crippen LogP contribution in [0, 0.1) is 0 Å². The molecule has 0 saturated heterocycles. The van der Waals surface area contributed by atoms with Crippen LogP contribution in [0.4, 0.5) is 0 Å². The summed E-state index contributed by atoms with van der Waals surface area (Å²) in [4.78, 5) is 38.0. The van der Waals surface area contributed by atoms with Gasteiger partial charge in [0, 0.05) is 19.3 Å². The molecular weight excluding hydrogens is 757 g/mol. The van der Waals surface area contributed by atoms with Crippen LogP contribution in [0.1, 0.15) is 316 Å². The maximum atomic E-state index is 12.8. The Morgan fingerprint density at radius 3 is 0.656 bits per heavy atom. The number of carbonyl (C=O) groups is 3. The third-order valence-electron chi connectivity index (χ3n) is 12.6. The van der Waals surface area contributed by atoms with Gasteiger partial charge >= 0.3 is 17.9 Å². The van der Waals surface area contributed by atoms with Crippen molar-refractivity contribution in [1.29, 1.82) is 0 Å². The van der Waals surface area contributed by atoms with Crippen molar-refractivity contribution in [3.05, 3.63) is 0 Å². The minimum atomic E-state index is -0.760.